The van der Waals surface area contributed by atoms with Crippen molar-refractivity contribution in [3.05, 3.63) is 47.9 Å². The van der Waals surface area contributed by atoms with Gasteiger partial charge < -0.3 is 14.5 Å². The van der Waals surface area contributed by atoms with Crippen LogP contribution in [0.5, 0.6) is 5.75 Å². The SMILES string of the molecule is COc1ccc2c(c1)C(c1ccco1)CC(=O)N2. The molecule has 0 bridgehead atoms. The molecule has 0 fully saturated rings. The van der Waals surface area contributed by atoms with Gasteiger partial charge in [-0.1, -0.05) is 0 Å². The Bertz CT molecular complexity index is 575. The van der Waals surface area contributed by atoms with Crippen molar-refractivity contribution >= 4 is 11.6 Å². The first-order valence-corrected chi connectivity index (χ1v) is 5.79. The zero-order chi connectivity index (χ0) is 12.5. The number of ether oxygens (including phenoxy) is 1. The highest BCUT2D eigenvalue weighted by atomic mass is 16.5. The smallest absolute Gasteiger partial charge is 0.225 e. The summed E-state index contributed by atoms with van der Waals surface area (Å²) in [6, 6.07) is 9.38. The lowest BCUT2D eigenvalue weighted by molar-refractivity contribution is -0.116. The second-order valence-electron chi connectivity index (χ2n) is 4.27. The molecule has 0 saturated heterocycles. The van der Waals surface area contributed by atoms with E-state index >= 15 is 0 Å². The number of rotatable bonds is 2. The van der Waals surface area contributed by atoms with E-state index in [9.17, 15) is 4.79 Å². The molecule has 0 spiro atoms. The maximum atomic E-state index is 11.7. The summed E-state index contributed by atoms with van der Waals surface area (Å²) in [5.74, 6) is 1.55. The maximum absolute atomic E-state index is 11.7. The Hall–Kier alpha value is -2.23. The number of hydrogen-bond donors (Lipinski definition) is 1. The van der Waals surface area contributed by atoms with E-state index in [1.165, 1.54) is 0 Å². The largest absolute Gasteiger partial charge is 0.497 e. The number of carbonyl (C=O) groups excluding carboxylic acids is 1. The van der Waals surface area contributed by atoms with E-state index in [-0.39, 0.29) is 11.8 Å². The molecular formula is C14H13NO3. The number of amides is 1. The van der Waals surface area contributed by atoms with E-state index in [2.05, 4.69) is 5.32 Å². The Kier molecular flexibility index (Phi) is 2.55. The Morgan fingerprint density at radius 3 is 3.00 bits per heavy atom. The van der Waals surface area contributed by atoms with Gasteiger partial charge in [-0.15, -0.1) is 0 Å². The normalized spacial score (nSPS) is 18.1. The summed E-state index contributed by atoms with van der Waals surface area (Å²) in [5, 5.41) is 2.87. The maximum Gasteiger partial charge on any atom is 0.225 e. The van der Waals surface area contributed by atoms with Gasteiger partial charge in [-0.25, -0.2) is 0 Å². The summed E-state index contributed by atoms with van der Waals surface area (Å²) < 4.78 is 10.7. The minimum Gasteiger partial charge on any atom is -0.497 e. The third-order valence-corrected chi connectivity index (χ3v) is 3.18. The summed E-state index contributed by atoms with van der Waals surface area (Å²) in [7, 11) is 1.63. The first-order chi connectivity index (χ1) is 8.78. The van der Waals surface area contributed by atoms with Crippen LogP contribution in [0.25, 0.3) is 0 Å². The molecule has 0 aliphatic carbocycles. The molecule has 4 heteroatoms. The van der Waals surface area contributed by atoms with Crippen LogP contribution in [0.3, 0.4) is 0 Å². The van der Waals surface area contributed by atoms with Crippen LogP contribution in [-0.4, -0.2) is 13.0 Å². The van der Waals surface area contributed by atoms with Crippen molar-refractivity contribution in [1.82, 2.24) is 0 Å². The average Bonchev–Trinajstić information content (AvgIpc) is 2.91. The molecule has 0 saturated carbocycles. The Morgan fingerprint density at radius 2 is 2.28 bits per heavy atom. The highest BCUT2D eigenvalue weighted by molar-refractivity contribution is 5.95. The van der Waals surface area contributed by atoms with Crippen LogP contribution in [0.2, 0.25) is 0 Å². The van der Waals surface area contributed by atoms with Crippen molar-refractivity contribution in [3.63, 3.8) is 0 Å². The van der Waals surface area contributed by atoms with Crippen LogP contribution < -0.4 is 10.1 Å². The number of hydrogen-bond acceptors (Lipinski definition) is 3. The van der Waals surface area contributed by atoms with E-state index in [4.69, 9.17) is 9.15 Å². The zero-order valence-corrected chi connectivity index (χ0v) is 9.97. The third-order valence-electron chi connectivity index (χ3n) is 3.18. The summed E-state index contributed by atoms with van der Waals surface area (Å²) >= 11 is 0. The van der Waals surface area contributed by atoms with Crippen molar-refractivity contribution in [2.24, 2.45) is 0 Å². The van der Waals surface area contributed by atoms with E-state index in [0.29, 0.717) is 6.42 Å². The molecule has 92 valence electrons. The standard InChI is InChI=1S/C14H13NO3/c1-17-9-4-5-12-10(7-9)11(8-14(16)15-12)13-3-2-6-18-13/h2-7,11H,8H2,1H3,(H,15,16). The number of anilines is 1. The lowest BCUT2D eigenvalue weighted by Crippen LogP contribution is -2.23. The lowest BCUT2D eigenvalue weighted by Gasteiger charge is -2.24. The number of fused-ring (bicyclic) bond motifs is 1. The monoisotopic (exact) mass is 243 g/mol. The van der Waals surface area contributed by atoms with Gasteiger partial charge in [-0.3, -0.25) is 4.79 Å². The molecule has 1 aromatic heterocycles. The molecule has 2 aromatic rings. The first kappa shape index (κ1) is 10.9. The van der Waals surface area contributed by atoms with Crippen LogP contribution in [0, 0.1) is 0 Å². The minimum absolute atomic E-state index is 0.00840. The minimum atomic E-state index is -0.0427. The first-order valence-electron chi connectivity index (χ1n) is 5.79. The van der Waals surface area contributed by atoms with Gasteiger partial charge in [0.15, 0.2) is 0 Å². The average molecular weight is 243 g/mol. The van der Waals surface area contributed by atoms with Gasteiger partial charge in [-0.05, 0) is 35.9 Å². The highest BCUT2D eigenvalue weighted by Gasteiger charge is 2.28. The van der Waals surface area contributed by atoms with Crippen molar-refractivity contribution in [1.29, 1.82) is 0 Å². The van der Waals surface area contributed by atoms with Crippen molar-refractivity contribution in [2.75, 3.05) is 12.4 Å². The molecule has 1 amide bonds. The number of furan rings is 1. The molecule has 1 aliphatic rings. The van der Waals surface area contributed by atoms with Gasteiger partial charge in [-0.2, -0.15) is 0 Å². The van der Waals surface area contributed by atoms with Crippen molar-refractivity contribution < 1.29 is 13.9 Å². The predicted octanol–water partition coefficient (Wildman–Crippen LogP) is 2.76. The van der Waals surface area contributed by atoms with E-state index in [0.717, 1.165) is 22.8 Å². The number of carbonyl (C=O) groups is 1. The number of methoxy groups -OCH3 is 1. The lowest BCUT2D eigenvalue weighted by atomic mass is 9.88. The molecule has 3 rings (SSSR count). The predicted molar refractivity (Wildman–Crippen MR) is 66.8 cm³/mol. The topological polar surface area (TPSA) is 51.5 Å². The van der Waals surface area contributed by atoms with Gasteiger partial charge in [0.05, 0.1) is 19.3 Å². The number of benzene rings is 1. The van der Waals surface area contributed by atoms with Crippen LogP contribution in [0.15, 0.2) is 41.0 Å². The van der Waals surface area contributed by atoms with E-state index in [1.807, 2.05) is 30.3 Å². The molecule has 1 unspecified atom stereocenters. The van der Waals surface area contributed by atoms with Gasteiger partial charge in [0.2, 0.25) is 5.91 Å². The van der Waals surface area contributed by atoms with E-state index < -0.39 is 0 Å². The fraction of sp³-hybridized carbons (Fsp3) is 0.214. The van der Waals surface area contributed by atoms with Crippen LogP contribution in [0.4, 0.5) is 5.69 Å². The molecule has 18 heavy (non-hydrogen) atoms. The second-order valence-corrected chi connectivity index (χ2v) is 4.27. The summed E-state index contributed by atoms with van der Waals surface area (Å²) in [6.45, 7) is 0. The Morgan fingerprint density at radius 1 is 1.39 bits per heavy atom. The van der Waals surface area contributed by atoms with Gasteiger partial charge in [0.25, 0.3) is 0 Å². The Labute approximate surface area is 105 Å². The van der Waals surface area contributed by atoms with Crippen molar-refractivity contribution in [3.8, 4) is 5.75 Å². The fourth-order valence-electron chi connectivity index (χ4n) is 2.31. The summed E-state index contributed by atoms with van der Waals surface area (Å²) in [5.41, 5.74) is 1.86. The van der Waals surface area contributed by atoms with Gasteiger partial charge in [0, 0.05) is 12.1 Å². The molecule has 4 nitrogen and oxygen atoms in total. The van der Waals surface area contributed by atoms with Gasteiger partial charge in [0.1, 0.15) is 11.5 Å². The fourth-order valence-corrected chi connectivity index (χ4v) is 2.31. The van der Waals surface area contributed by atoms with Crippen molar-refractivity contribution in [2.45, 2.75) is 12.3 Å². The molecule has 1 aromatic carbocycles. The molecule has 2 heterocycles. The molecule has 1 N–H and O–H groups in total. The van der Waals surface area contributed by atoms with Gasteiger partial charge >= 0.3 is 0 Å². The highest BCUT2D eigenvalue weighted by Crippen LogP contribution is 2.38. The second kappa shape index (κ2) is 4.22. The van der Waals surface area contributed by atoms with Crippen LogP contribution in [-0.2, 0) is 4.79 Å². The quantitative estimate of drug-likeness (QED) is 0.882. The molecule has 1 atom stereocenters. The summed E-state index contributed by atoms with van der Waals surface area (Å²) in [4.78, 5) is 11.7. The summed E-state index contributed by atoms with van der Waals surface area (Å²) in [6.07, 6.45) is 2.02. The Balaban J connectivity index is 2.10. The van der Waals surface area contributed by atoms with Crippen LogP contribution in [0.1, 0.15) is 23.7 Å². The van der Waals surface area contributed by atoms with Crippen LogP contribution >= 0.6 is 0 Å². The third kappa shape index (κ3) is 1.76. The molecule has 1 aliphatic heterocycles. The molecular weight excluding hydrogens is 230 g/mol. The van der Waals surface area contributed by atoms with E-state index in [1.54, 1.807) is 13.4 Å². The number of nitrogens with one attached hydrogen (secondary N) is 1. The zero-order valence-electron chi connectivity index (χ0n) is 9.97. The molecule has 0 radical (unpaired) electrons.